The molecular weight excluding hydrogens is 268 g/mol. The maximum Gasteiger partial charge on any atom is 0.0684 e. The lowest BCUT2D eigenvalue weighted by molar-refractivity contribution is 1.46. The van der Waals surface area contributed by atoms with Gasteiger partial charge in [-0.3, -0.25) is 5.41 Å². The third-order valence-corrected chi connectivity index (χ3v) is 3.09. The minimum absolute atomic E-state index is 0.575. The molecule has 22 heavy (non-hydrogen) atoms. The Labute approximate surface area is 131 Å². The molecule has 108 valence electrons. The van der Waals surface area contributed by atoms with Crippen LogP contribution in [-0.4, -0.2) is 11.9 Å². The fraction of sp³-hybridized carbons (Fsp3) is 0. The van der Waals surface area contributed by atoms with Crippen molar-refractivity contribution in [2.24, 2.45) is 0 Å². The zero-order chi connectivity index (χ0) is 15.6. The molecule has 0 amide bonds. The van der Waals surface area contributed by atoms with Crippen LogP contribution in [0.1, 0.15) is 16.7 Å². The monoisotopic (exact) mass is 286 g/mol. The van der Waals surface area contributed by atoms with E-state index in [1.165, 1.54) is 6.21 Å². The molecule has 0 saturated heterocycles. The highest BCUT2D eigenvalue weighted by Gasteiger charge is 2.01. The van der Waals surface area contributed by atoms with Gasteiger partial charge in [0, 0.05) is 6.21 Å². The first-order valence-electron chi connectivity index (χ1n) is 7.06. The van der Waals surface area contributed by atoms with Gasteiger partial charge in [-0.15, -0.1) is 0 Å². The van der Waals surface area contributed by atoms with E-state index in [9.17, 15) is 0 Å². The first-order chi connectivity index (χ1) is 10.8. The highest BCUT2D eigenvalue weighted by Crippen LogP contribution is 2.08. The Hall–Kier alpha value is -3.00. The molecule has 2 nitrogen and oxygen atoms in total. The third-order valence-electron chi connectivity index (χ3n) is 3.09. The molecule has 0 heterocycles. The minimum Gasteiger partial charge on any atom is -0.308 e. The molecule has 0 atom stereocenters. The molecule has 2 N–H and O–H groups in total. The van der Waals surface area contributed by atoms with Crippen LogP contribution in [-0.2, 0) is 0 Å². The minimum atomic E-state index is 0.575. The van der Waals surface area contributed by atoms with Gasteiger partial charge < -0.3 is 5.41 Å². The van der Waals surface area contributed by atoms with Gasteiger partial charge in [0.15, 0.2) is 0 Å². The molecule has 2 heteroatoms. The van der Waals surface area contributed by atoms with Gasteiger partial charge in [-0.05, 0) is 16.7 Å². The predicted octanol–water partition coefficient (Wildman–Crippen LogP) is 4.79. The molecule has 0 fully saturated rings. The standard InChI is InChI=1S/C13H11N.C7H7N/c14-13(11-7-3-1-4-8-11)12-9-5-2-6-10-12;8-6-7-4-2-1-3-5-7/h1-10,14H;1-6,8H. The Bertz CT molecular complexity index is 663. The van der Waals surface area contributed by atoms with Gasteiger partial charge in [-0.1, -0.05) is 91.0 Å². The van der Waals surface area contributed by atoms with Gasteiger partial charge in [-0.2, -0.15) is 0 Å². The Morgan fingerprint density at radius 2 is 0.955 bits per heavy atom. The smallest absolute Gasteiger partial charge is 0.0684 e. The van der Waals surface area contributed by atoms with Crippen LogP contribution in [0.15, 0.2) is 91.0 Å². The molecular formula is C20H18N2. The number of hydrogen-bond donors (Lipinski definition) is 2. The normalized spacial score (nSPS) is 9.27. The summed E-state index contributed by atoms with van der Waals surface area (Å²) in [6.07, 6.45) is 1.33. The van der Waals surface area contributed by atoms with Crippen LogP contribution in [0.5, 0.6) is 0 Å². The van der Waals surface area contributed by atoms with E-state index < -0.39 is 0 Å². The van der Waals surface area contributed by atoms with Crippen LogP contribution in [0.3, 0.4) is 0 Å². The second-order valence-corrected chi connectivity index (χ2v) is 4.66. The zero-order valence-electron chi connectivity index (χ0n) is 12.2. The Balaban J connectivity index is 0.000000188. The molecule has 0 radical (unpaired) electrons. The van der Waals surface area contributed by atoms with Crippen molar-refractivity contribution in [3.05, 3.63) is 108 Å². The van der Waals surface area contributed by atoms with E-state index in [0.717, 1.165) is 16.7 Å². The fourth-order valence-electron chi connectivity index (χ4n) is 1.93. The topological polar surface area (TPSA) is 47.7 Å². The molecule has 0 spiro atoms. The first-order valence-corrected chi connectivity index (χ1v) is 7.06. The van der Waals surface area contributed by atoms with Crippen LogP contribution in [0.2, 0.25) is 0 Å². The molecule has 0 aliphatic carbocycles. The van der Waals surface area contributed by atoms with Crippen LogP contribution >= 0.6 is 0 Å². The molecule has 0 saturated carbocycles. The quantitative estimate of drug-likeness (QED) is 0.651. The summed E-state index contributed by atoms with van der Waals surface area (Å²) in [7, 11) is 0. The van der Waals surface area contributed by atoms with Crippen molar-refractivity contribution in [3.63, 3.8) is 0 Å². The Morgan fingerprint density at radius 3 is 1.27 bits per heavy atom. The average Bonchev–Trinajstić information content (AvgIpc) is 2.64. The van der Waals surface area contributed by atoms with Crippen molar-refractivity contribution in [2.75, 3.05) is 0 Å². The summed E-state index contributed by atoms with van der Waals surface area (Å²) in [4.78, 5) is 0. The van der Waals surface area contributed by atoms with Crippen LogP contribution in [0.25, 0.3) is 0 Å². The molecule has 0 unspecified atom stereocenters. The molecule has 3 aromatic rings. The third kappa shape index (κ3) is 4.53. The second kappa shape index (κ2) is 8.32. The summed E-state index contributed by atoms with van der Waals surface area (Å²) in [6.45, 7) is 0. The van der Waals surface area contributed by atoms with E-state index in [1.54, 1.807) is 0 Å². The Morgan fingerprint density at radius 1 is 0.591 bits per heavy atom. The van der Waals surface area contributed by atoms with Gasteiger partial charge >= 0.3 is 0 Å². The van der Waals surface area contributed by atoms with E-state index in [0.29, 0.717) is 5.71 Å². The lowest BCUT2D eigenvalue weighted by atomic mass is 10.0. The number of hydrogen-bond acceptors (Lipinski definition) is 2. The summed E-state index contributed by atoms with van der Waals surface area (Å²) < 4.78 is 0. The summed E-state index contributed by atoms with van der Waals surface area (Å²) in [5.74, 6) is 0. The molecule has 3 rings (SSSR count). The van der Waals surface area contributed by atoms with Gasteiger partial charge in [0.05, 0.1) is 5.71 Å². The summed E-state index contributed by atoms with van der Waals surface area (Å²) in [6, 6.07) is 29.1. The van der Waals surface area contributed by atoms with Crippen molar-refractivity contribution < 1.29 is 0 Å². The zero-order valence-corrected chi connectivity index (χ0v) is 12.2. The van der Waals surface area contributed by atoms with Crippen LogP contribution in [0.4, 0.5) is 0 Å². The Kier molecular flexibility index (Phi) is 5.82. The number of nitrogens with one attached hydrogen (secondary N) is 2. The predicted molar refractivity (Wildman–Crippen MR) is 93.1 cm³/mol. The highest BCUT2D eigenvalue weighted by atomic mass is 14.4. The molecule has 0 aromatic heterocycles. The summed E-state index contributed by atoms with van der Waals surface area (Å²) >= 11 is 0. The van der Waals surface area contributed by atoms with E-state index in [1.807, 2.05) is 91.0 Å². The van der Waals surface area contributed by atoms with Crippen molar-refractivity contribution >= 4 is 11.9 Å². The van der Waals surface area contributed by atoms with Crippen molar-refractivity contribution in [2.45, 2.75) is 0 Å². The first kappa shape index (κ1) is 15.4. The van der Waals surface area contributed by atoms with Gasteiger partial charge in [0.25, 0.3) is 0 Å². The average molecular weight is 286 g/mol. The maximum atomic E-state index is 7.97. The highest BCUT2D eigenvalue weighted by molar-refractivity contribution is 6.10. The number of rotatable bonds is 3. The summed E-state index contributed by atoms with van der Waals surface area (Å²) in [5, 5.41) is 14.8. The van der Waals surface area contributed by atoms with Crippen molar-refractivity contribution in [3.8, 4) is 0 Å². The lowest BCUT2D eigenvalue weighted by Gasteiger charge is -2.02. The van der Waals surface area contributed by atoms with Gasteiger partial charge in [0.2, 0.25) is 0 Å². The molecule has 3 aromatic carbocycles. The molecule has 0 aliphatic heterocycles. The van der Waals surface area contributed by atoms with E-state index in [4.69, 9.17) is 10.8 Å². The van der Waals surface area contributed by atoms with E-state index >= 15 is 0 Å². The van der Waals surface area contributed by atoms with E-state index in [-0.39, 0.29) is 0 Å². The molecule has 0 bridgehead atoms. The van der Waals surface area contributed by atoms with Crippen molar-refractivity contribution in [1.82, 2.24) is 0 Å². The summed E-state index contributed by atoms with van der Waals surface area (Å²) in [5.41, 5.74) is 3.44. The largest absolute Gasteiger partial charge is 0.308 e. The van der Waals surface area contributed by atoms with Gasteiger partial charge in [0.1, 0.15) is 0 Å². The maximum absolute atomic E-state index is 7.97. The van der Waals surface area contributed by atoms with Crippen LogP contribution in [0, 0.1) is 10.8 Å². The van der Waals surface area contributed by atoms with Crippen LogP contribution < -0.4 is 0 Å². The number of benzene rings is 3. The fourth-order valence-corrected chi connectivity index (χ4v) is 1.93. The second-order valence-electron chi connectivity index (χ2n) is 4.66. The van der Waals surface area contributed by atoms with E-state index in [2.05, 4.69) is 0 Å². The SMILES string of the molecule is N=C(c1ccccc1)c1ccccc1.N=Cc1ccccc1. The lowest BCUT2D eigenvalue weighted by Crippen LogP contribution is -1.99. The molecule has 0 aliphatic rings. The van der Waals surface area contributed by atoms with Crippen molar-refractivity contribution in [1.29, 1.82) is 10.8 Å². The van der Waals surface area contributed by atoms with Gasteiger partial charge in [-0.25, -0.2) is 0 Å².